The first-order valence-corrected chi connectivity index (χ1v) is 10.8. The monoisotopic (exact) mass is 433 g/mol. The fourth-order valence-electron chi connectivity index (χ4n) is 4.16. The highest BCUT2D eigenvalue weighted by Gasteiger charge is 2.40. The van der Waals surface area contributed by atoms with Crippen molar-refractivity contribution in [3.63, 3.8) is 0 Å². The molecule has 0 radical (unpaired) electrons. The second-order valence-electron chi connectivity index (χ2n) is 8.73. The van der Waals surface area contributed by atoms with Crippen molar-refractivity contribution in [1.29, 1.82) is 0 Å². The molecule has 1 unspecified atom stereocenters. The summed E-state index contributed by atoms with van der Waals surface area (Å²) in [5, 5.41) is 18.0. The molecule has 9 nitrogen and oxygen atoms in total. The van der Waals surface area contributed by atoms with Gasteiger partial charge in [0.1, 0.15) is 11.5 Å². The molecule has 2 aromatic heterocycles. The molecule has 1 amide bonds. The second-order valence-corrected chi connectivity index (χ2v) is 8.73. The average molecular weight is 434 g/mol. The van der Waals surface area contributed by atoms with E-state index in [4.69, 9.17) is 4.98 Å². The fourth-order valence-corrected chi connectivity index (χ4v) is 4.16. The first-order chi connectivity index (χ1) is 15.3. The van der Waals surface area contributed by atoms with E-state index in [-0.39, 0.29) is 12.2 Å². The number of imidazole rings is 1. The third kappa shape index (κ3) is 3.44. The standard InChI is InChI=1S/C23H27N7O2/c1-4-9-30-21(31)18-20(29-10-8-24-22(29)30)27-19(26-18)16-12-25-28(14-16)13-15-6-5-7-17(11-15)23(2,3)32/h5-8,10-12,14,22,24,32H,4,9,13H2,1-3H3,(H,26,27). The Morgan fingerprint density at radius 3 is 2.91 bits per heavy atom. The van der Waals surface area contributed by atoms with Gasteiger partial charge < -0.3 is 15.4 Å². The molecule has 2 aliphatic heterocycles. The Kier molecular flexibility index (Phi) is 4.78. The van der Waals surface area contributed by atoms with Crippen LogP contribution in [0.25, 0.3) is 11.4 Å². The number of aromatic nitrogens is 4. The molecule has 0 fully saturated rings. The second kappa shape index (κ2) is 7.52. The summed E-state index contributed by atoms with van der Waals surface area (Å²) in [7, 11) is 0. The highest BCUT2D eigenvalue weighted by molar-refractivity contribution is 6.00. The van der Waals surface area contributed by atoms with Crippen molar-refractivity contribution in [2.45, 2.75) is 45.6 Å². The van der Waals surface area contributed by atoms with Crippen LogP contribution in [0.4, 0.5) is 5.82 Å². The number of hydrogen-bond acceptors (Lipinski definition) is 6. The Balaban J connectivity index is 1.42. The number of carbonyl (C=O) groups is 1. The number of benzene rings is 1. The zero-order valence-electron chi connectivity index (χ0n) is 18.4. The number of nitrogens with zero attached hydrogens (tertiary/aromatic N) is 5. The normalized spacial score (nSPS) is 17.5. The molecule has 32 heavy (non-hydrogen) atoms. The lowest BCUT2D eigenvalue weighted by molar-refractivity contribution is 0.0641. The minimum atomic E-state index is -0.895. The van der Waals surface area contributed by atoms with Gasteiger partial charge in [-0.3, -0.25) is 19.3 Å². The number of aromatic amines is 1. The zero-order valence-corrected chi connectivity index (χ0v) is 18.4. The average Bonchev–Trinajstić information content (AvgIpc) is 3.49. The van der Waals surface area contributed by atoms with E-state index in [1.54, 1.807) is 20.0 Å². The maximum absolute atomic E-state index is 13.1. The number of fused-ring (bicyclic) bond motifs is 3. The van der Waals surface area contributed by atoms with Crippen LogP contribution in [0.5, 0.6) is 0 Å². The number of hydrogen-bond donors (Lipinski definition) is 3. The number of H-pyrrole nitrogens is 1. The minimum Gasteiger partial charge on any atom is -0.386 e. The summed E-state index contributed by atoms with van der Waals surface area (Å²) in [6.45, 7) is 6.82. The quantitative estimate of drug-likeness (QED) is 0.552. The number of rotatable bonds is 6. The summed E-state index contributed by atoms with van der Waals surface area (Å²) in [5.74, 6) is 1.17. The van der Waals surface area contributed by atoms with Crippen LogP contribution in [0.3, 0.4) is 0 Å². The van der Waals surface area contributed by atoms with E-state index in [0.717, 1.165) is 23.1 Å². The Hall–Kier alpha value is -3.59. The van der Waals surface area contributed by atoms with Crippen LogP contribution in [-0.4, -0.2) is 48.5 Å². The summed E-state index contributed by atoms with van der Waals surface area (Å²) in [6.07, 6.45) is 8.03. The Bertz CT molecular complexity index is 1190. The van der Waals surface area contributed by atoms with E-state index in [1.165, 1.54) is 0 Å². The number of nitrogens with one attached hydrogen (secondary N) is 2. The van der Waals surface area contributed by atoms with Gasteiger partial charge >= 0.3 is 0 Å². The lowest BCUT2D eigenvalue weighted by Crippen LogP contribution is -2.56. The van der Waals surface area contributed by atoms with Gasteiger partial charge in [-0.05, 0) is 31.4 Å². The first-order valence-electron chi connectivity index (χ1n) is 10.8. The number of aliphatic hydroxyl groups is 1. The van der Waals surface area contributed by atoms with Crippen molar-refractivity contribution in [1.82, 2.24) is 30.0 Å². The van der Waals surface area contributed by atoms with E-state index < -0.39 is 5.60 Å². The van der Waals surface area contributed by atoms with Gasteiger partial charge in [0.25, 0.3) is 5.91 Å². The van der Waals surface area contributed by atoms with Crippen molar-refractivity contribution in [2.24, 2.45) is 0 Å². The van der Waals surface area contributed by atoms with Crippen LogP contribution < -0.4 is 10.2 Å². The molecular weight excluding hydrogens is 406 g/mol. The molecule has 1 atom stereocenters. The lowest BCUT2D eigenvalue weighted by atomic mass is 9.96. The molecule has 2 aliphatic rings. The zero-order chi connectivity index (χ0) is 22.5. The van der Waals surface area contributed by atoms with Gasteiger partial charge in [-0.25, -0.2) is 4.98 Å². The first kappa shape index (κ1) is 20.3. The van der Waals surface area contributed by atoms with E-state index in [1.807, 2.05) is 57.3 Å². The molecule has 0 aliphatic carbocycles. The van der Waals surface area contributed by atoms with Gasteiger partial charge in [-0.2, -0.15) is 5.10 Å². The van der Waals surface area contributed by atoms with E-state index in [2.05, 4.69) is 22.3 Å². The maximum Gasteiger partial charge on any atom is 0.277 e. The molecule has 1 aromatic carbocycles. The van der Waals surface area contributed by atoms with Gasteiger partial charge in [0.15, 0.2) is 12.1 Å². The number of carbonyl (C=O) groups excluding carboxylic acids is 1. The molecule has 4 heterocycles. The molecule has 0 saturated heterocycles. The molecule has 166 valence electrons. The summed E-state index contributed by atoms with van der Waals surface area (Å²) >= 11 is 0. The summed E-state index contributed by atoms with van der Waals surface area (Å²) in [5.41, 5.74) is 2.30. The van der Waals surface area contributed by atoms with E-state index >= 15 is 0 Å². The SMILES string of the molecule is CCCN1C(=O)c2[nH]c(-c3cnn(Cc4cccc(C(C)(C)O)c4)c3)nc2N2C=CNC12. The fraction of sp³-hybridized carbons (Fsp3) is 0.348. The Morgan fingerprint density at radius 1 is 1.28 bits per heavy atom. The third-order valence-corrected chi connectivity index (χ3v) is 5.79. The van der Waals surface area contributed by atoms with Gasteiger partial charge in [0.2, 0.25) is 0 Å². The molecule has 3 N–H and O–H groups in total. The molecule has 3 aromatic rings. The van der Waals surface area contributed by atoms with Crippen molar-refractivity contribution in [3.8, 4) is 11.4 Å². The van der Waals surface area contributed by atoms with Gasteiger partial charge in [-0.1, -0.05) is 31.2 Å². The van der Waals surface area contributed by atoms with Crippen molar-refractivity contribution < 1.29 is 9.90 Å². The molecule has 0 bridgehead atoms. The smallest absolute Gasteiger partial charge is 0.277 e. The van der Waals surface area contributed by atoms with Crippen LogP contribution in [-0.2, 0) is 12.1 Å². The molecule has 0 spiro atoms. The molecular formula is C23H27N7O2. The predicted molar refractivity (Wildman–Crippen MR) is 120 cm³/mol. The maximum atomic E-state index is 13.1. The van der Waals surface area contributed by atoms with Gasteiger partial charge in [-0.15, -0.1) is 0 Å². The Morgan fingerprint density at radius 2 is 2.12 bits per heavy atom. The van der Waals surface area contributed by atoms with Crippen molar-refractivity contribution in [2.75, 3.05) is 11.4 Å². The molecule has 0 saturated carbocycles. The number of amides is 1. The predicted octanol–water partition coefficient (Wildman–Crippen LogP) is 2.58. The lowest BCUT2D eigenvalue weighted by Gasteiger charge is -2.38. The minimum absolute atomic E-state index is 0.0612. The summed E-state index contributed by atoms with van der Waals surface area (Å²) < 4.78 is 1.83. The van der Waals surface area contributed by atoms with E-state index in [9.17, 15) is 9.90 Å². The van der Waals surface area contributed by atoms with Crippen LogP contribution in [0.1, 0.15) is 48.8 Å². The number of anilines is 1. The van der Waals surface area contributed by atoms with Crippen LogP contribution >= 0.6 is 0 Å². The highest BCUT2D eigenvalue weighted by atomic mass is 16.3. The highest BCUT2D eigenvalue weighted by Crippen LogP contribution is 2.33. The third-order valence-electron chi connectivity index (χ3n) is 5.79. The molecule has 5 rings (SSSR count). The Labute approximate surface area is 186 Å². The van der Waals surface area contributed by atoms with Crippen LogP contribution in [0.2, 0.25) is 0 Å². The summed E-state index contributed by atoms with van der Waals surface area (Å²) in [4.78, 5) is 24.8. The van der Waals surface area contributed by atoms with Crippen molar-refractivity contribution in [3.05, 3.63) is 65.9 Å². The topological polar surface area (TPSA) is 102 Å². The molecule has 9 heteroatoms. The van der Waals surface area contributed by atoms with Gasteiger partial charge in [0, 0.05) is 25.1 Å². The van der Waals surface area contributed by atoms with E-state index in [0.29, 0.717) is 30.4 Å². The van der Waals surface area contributed by atoms with Crippen LogP contribution in [0.15, 0.2) is 49.1 Å². The van der Waals surface area contributed by atoms with Gasteiger partial charge in [0.05, 0.1) is 23.9 Å². The van der Waals surface area contributed by atoms with Crippen molar-refractivity contribution >= 4 is 11.7 Å². The summed E-state index contributed by atoms with van der Waals surface area (Å²) in [6, 6.07) is 7.85. The van der Waals surface area contributed by atoms with Crippen LogP contribution in [0, 0.1) is 0 Å². The largest absolute Gasteiger partial charge is 0.386 e.